The summed E-state index contributed by atoms with van der Waals surface area (Å²) >= 11 is 0. The molecular weight excluding hydrogens is 452 g/mol. The molecule has 0 bridgehead atoms. The van der Waals surface area contributed by atoms with Crippen LogP contribution in [-0.4, -0.2) is 68.7 Å². The van der Waals surface area contributed by atoms with Crippen molar-refractivity contribution in [2.45, 2.75) is 19.9 Å². The molecule has 0 spiro atoms. The fraction of sp³-hybridized carbons (Fsp3) is 0.286. The van der Waals surface area contributed by atoms with E-state index in [-0.39, 0.29) is 5.91 Å². The van der Waals surface area contributed by atoms with Crippen LogP contribution in [0.4, 0.5) is 0 Å². The molecule has 1 fully saturated rings. The van der Waals surface area contributed by atoms with Crippen LogP contribution in [0.3, 0.4) is 0 Å². The summed E-state index contributed by atoms with van der Waals surface area (Å²) in [6.07, 6.45) is 0.422. The van der Waals surface area contributed by atoms with Crippen molar-refractivity contribution in [3.63, 3.8) is 0 Å². The molecule has 2 heterocycles. The molecule has 184 valence electrons. The van der Waals surface area contributed by atoms with Gasteiger partial charge in [-0.2, -0.15) is 4.68 Å². The Morgan fingerprint density at radius 3 is 2.25 bits per heavy atom. The van der Waals surface area contributed by atoms with Crippen molar-refractivity contribution in [2.75, 3.05) is 32.8 Å². The van der Waals surface area contributed by atoms with Crippen LogP contribution in [0.2, 0.25) is 0 Å². The van der Waals surface area contributed by atoms with Gasteiger partial charge in [-0.25, -0.2) is 0 Å². The number of hydrogen-bond donors (Lipinski definition) is 0. The molecule has 36 heavy (non-hydrogen) atoms. The fourth-order valence-corrected chi connectivity index (χ4v) is 4.44. The SMILES string of the molecule is CCOc1ccc(-n2nnnc2CN2CCN(C(=O)Cc3ccc(-c4ccccc4)cc3)CC2)cc1. The maximum absolute atomic E-state index is 12.9. The van der Waals surface area contributed by atoms with Gasteiger partial charge in [-0.15, -0.1) is 5.10 Å². The van der Waals surface area contributed by atoms with Crippen LogP contribution < -0.4 is 4.74 Å². The van der Waals surface area contributed by atoms with Crippen LogP contribution in [-0.2, 0) is 17.8 Å². The maximum atomic E-state index is 12.9. The summed E-state index contributed by atoms with van der Waals surface area (Å²) < 4.78 is 7.28. The molecule has 8 heteroatoms. The van der Waals surface area contributed by atoms with E-state index in [1.807, 2.05) is 54.3 Å². The molecule has 3 aromatic carbocycles. The molecule has 1 aliphatic rings. The van der Waals surface area contributed by atoms with Crippen LogP contribution in [0.5, 0.6) is 5.75 Å². The number of amides is 1. The third-order valence-corrected chi connectivity index (χ3v) is 6.43. The third kappa shape index (κ3) is 5.60. The van der Waals surface area contributed by atoms with E-state index in [9.17, 15) is 4.79 Å². The van der Waals surface area contributed by atoms with E-state index in [1.54, 1.807) is 4.68 Å². The van der Waals surface area contributed by atoms with Gasteiger partial charge in [-0.1, -0.05) is 54.6 Å². The van der Waals surface area contributed by atoms with Crippen molar-refractivity contribution < 1.29 is 9.53 Å². The number of tetrazole rings is 1. The molecule has 0 aliphatic carbocycles. The monoisotopic (exact) mass is 482 g/mol. The summed E-state index contributed by atoms with van der Waals surface area (Å²) in [6.45, 7) is 6.19. The van der Waals surface area contributed by atoms with Crippen LogP contribution in [0.25, 0.3) is 16.8 Å². The molecule has 0 radical (unpaired) electrons. The van der Waals surface area contributed by atoms with Gasteiger partial charge in [0, 0.05) is 26.2 Å². The van der Waals surface area contributed by atoms with E-state index in [4.69, 9.17) is 4.74 Å². The lowest BCUT2D eigenvalue weighted by molar-refractivity contribution is -0.132. The zero-order valence-electron chi connectivity index (χ0n) is 20.5. The highest BCUT2D eigenvalue weighted by molar-refractivity contribution is 5.79. The van der Waals surface area contributed by atoms with Crippen molar-refractivity contribution in [1.82, 2.24) is 30.0 Å². The molecule has 1 saturated heterocycles. The zero-order valence-corrected chi connectivity index (χ0v) is 20.5. The van der Waals surface area contributed by atoms with Crippen LogP contribution in [0, 0.1) is 0 Å². The van der Waals surface area contributed by atoms with Crippen molar-refractivity contribution in [3.8, 4) is 22.6 Å². The van der Waals surface area contributed by atoms with Gasteiger partial charge in [0.25, 0.3) is 0 Å². The van der Waals surface area contributed by atoms with E-state index < -0.39 is 0 Å². The predicted octanol–water partition coefficient (Wildman–Crippen LogP) is 3.61. The number of benzene rings is 3. The van der Waals surface area contributed by atoms with E-state index in [1.165, 1.54) is 5.56 Å². The molecule has 0 saturated carbocycles. The van der Waals surface area contributed by atoms with Crippen molar-refractivity contribution in [3.05, 3.63) is 90.3 Å². The van der Waals surface area contributed by atoms with Gasteiger partial charge in [0.05, 0.1) is 25.3 Å². The first-order valence-electron chi connectivity index (χ1n) is 12.3. The Hall–Kier alpha value is -4.04. The van der Waals surface area contributed by atoms with E-state index >= 15 is 0 Å². The van der Waals surface area contributed by atoms with Gasteiger partial charge in [0.15, 0.2) is 5.82 Å². The van der Waals surface area contributed by atoms with Gasteiger partial charge in [0.1, 0.15) is 5.75 Å². The largest absolute Gasteiger partial charge is 0.494 e. The smallest absolute Gasteiger partial charge is 0.227 e. The Kier molecular flexibility index (Phi) is 7.33. The van der Waals surface area contributed by atoms with Gasteiger partial charge < -0.3 is 9.64 Å². The standard InChI is InChI=1S/C28H30N6O2/c1-2-36-26-14-12-25(13-15-26)34-27(29-30-31-34)21-32-16-18-33(19-17-32)28(35)20-22-8-10-24(11-9-22)23-6-4-3-5-7-23/h3-15H,2,16-21H2,1H3. The molecule has 1 aliphatic heterocycles. The van der Waals surface area contributed by atoms with E-state index in [0.717, 1.165) is 41.5 Å². The lowest BCUT2D eigenvalue weighted by atomic mass is 10.0. The van der Waals surface area contributed by atoms with E-state index in [2.05, 4.69) is 56.8 Å². The molecule has 1 aromatic heterocycles. The lowest BCUT2D eigenvalue weighted by Gasteiger charge is -2.34. The quantitative estimate of drug-likeness (QED) is 0.382. The summed E-state index contributed by atoms with van der Waals surface area (Å²) in [5.41, 5.74) is 4.27. The van der Waals surface area contributed by atoms with Crippen molar-refractivity contribution in [1.29, 1.82) is 0 Å². The topological polar surface area (TPSA) is 76.4 Å². The summed E-state index contributed by atoms with van der Waals surface area (Å²) in [5, 5.41) is 12.3. The Balaban J connectivity index is 1.13. The second kappa shape index (κ2) is 11.1. The minimum atomic E-state index is 0.168. The van der Waals surface area contributed by atoms with Gasteiger partial charge in [0.2, 0.25) is 5.91 Å². The third-order valence-electron chi connectivity index (χ3n) is 6.43. The van der Waals surface area contributed by atoms with Crippen molar-refractivity contribution in [2.24, 2.45) is 0 Å². The molecule has 4 aromatic rings. The van der Waals surface area contributed by atoms with Gasteiger partial charge >= 0.3 is 0 Å². The number of carbonyl (C=O) groups excluding carboxylic acids is 1. The Bertz CT molecular complexity index is 1260. The summed E-state index contributed by atoms with van der Waals surface area (Å²) in [7, 11) is 0. The molecule has 1 amide bonds. The number of rotatable bonds is 8. The first-order chi connectivity index (χ1) is 17.7. The molecule has 0 atom stereocenters. The minimum Gasteiger partial charge on any atom is -0.494 e. The predicted molar refractivity (Wildman–Crippen MR) is 138 cm³/mol. The normalized spacial score (nSPS) is 14.1. The lowest BCUT2D eigenvalue weighted by Crippen LogP contribution is -2.48. The average molecular weight is 483 g/mol. The second-order valence-corrected chi connectivity index (χ2v) is 8.83. The molecular formula is C28H30N6O2. The molecule has 8 nitrogen and oxygen atoms in total. The molecule has 5 rings (SSSR count). The van der Waals surface area contributed by atoms with Gasteiger partial charge in [-0.05, 0) is 58.3 Å². The molecule has 0 N–H and O–H groups in total. The first kappa shape index (κ1) is 23.7. The summed E-state index contributed by atoms with van der Waals surface area (Å²) in [4.78, 5) is 17.2. The summed E-state index contributed by atoms with van der Waals surface area (Å²) in [5.74, 6) is 1.77. The highest BCUT2D eigenvalue weighted by Gasteiger charge is 2.23. The number of ether oxygens (including phenoxy) is 1. The van der Waals surface area contributed by atoms with Gasteiger partial charge in [-0.3, -0.25) is 9.69 Å². The Labute approximate surface area is 211 Å². The second-order valence-electron chi connectivity index (χ2n) is 8.83. The zero-order chi connectivity index (χ0) is 24.7. The van der Waals surface area contributed by atoms with Crippen LogP contribution in [0.1, 0.15) is 18.3 Å². The van der Waals surface area contributed by atoms with Crippen molar-refractivity contribution >= 4 is 5.91 Å². The first-order valence-corrected chi connectivity index (χ1v) is 12.3. The van der Waals surface area contributed by atoms with Crippen LogP contribution in [0.15, 0.2) is 78.9 Å². The Morgan fingerprint density at radius 1 is 0.861 bits per heavy atom. The summed E-state index contributed by atoms with van der Waals surface area (Å²) in [6, 6.07) is 26.3. The number of carbonyl (C=O) groups is 1. The highest BCUT2D eigenvalue weighted by Crippen LogP contribution is 2.20. The number of nitrogens with zero attached hydrogens (tertiary/aromatic N) is 6. The minimum absolute atomic E-state index is 0.168. The number of aromatic nitrogens is 4. The number of hydrogen-bond acceptors (Lipinski definition) is 6. The average Bonchev–Trinajstić information content (AvgIpc) is 3.39. The Morgan fingerprint density at radius 2 is 1.56 bits per heavy atom. The maximum Gasteiger partial charge on any atom is 0.227 e. The number of piperazine rings is 1. The molecule has 0 unspecified atom stereocenters. The van der Waals surface area contributed by atoms with E-state index in [0.29, 0.717) is 32.7 Å². The fourth-order valence-electron chi connectivity index (χ4n) is 4.44. The van der Waals surface area contributed by atoms with Crippen LogP contribution >= 0.6 is 0 Å². The highest BCUT2D eigenvalue weighted by atomic mass is 16.5.